The van der Waals surface area contributed by atoms with Crippen LogP contribution in [0.1, 0.15) is 50.7 Å². The minimum Gasteiger partial charge on any atom is -0.352 e. The maximum atomic E-state index is 4.87. The Morgan fingerprint density at radius 1 is 0.667 bits per heavy atom. The molecule has 4 aromatic carbocycles. The zero-order valence-electron chi connectivity index (χ0n) is 22.9. The Bertz CT molecular complexity index is 1520. The van der Waals surface area contributed by atoms with Crippen LogP contribution in [0.4, 0.5) is 17.1 Å². The second-order valence-corrected chi connectivity index (χ2v) is 10.7. The van der Waals surface area contributed by atoms with Gasteiger partial charge in [0, 0.05) is 37.7 Å². The number of fused-ring (bicyclic) bond motifs is 3. The molecule has 6 rings (SSSR count). The van der Waals surface area contributed by atoms with E-state index in [4.69, 9.17) is 4.98 Å². The van der Waals surface area contributed by atoms with Crippen molar-refractivity contribution in [3.05, 3.63) is 127 Å². The molecule has 0 saturated carbocycles. The summed E-state index contributed by atoms with van der Waals surface area (Å²) in [5, 5.41) is 0. The number of hydrogen-bond acceptors (Lipinski definition) is 2. The number of nitrogens with zero attached hydrogens (tertiary/aromatic N) is 2. The van der Waals surface area contributed by atoms with E-state index >= 15 is 0 Å². The van der Waals surface area contributed by atoms with Crippen LogP contribution in [-0.2, 0) is 20.1 Å². The predicted molar refractivity (Wildman–Crippen MR) is 162 cm³/mol. The summed E-state index contributed by atoms with van der Waals surface area (Å²) in [6.45, 7) is 9.33. The Morgan fingerprint density at radius 2 is 1.26 bits per heavy atom. The number of para-hydroxylation sites is 2. The van der Waals surface area contributed by atoms with Crippen molar-refractivity contribution in [2.75, 3.05) is 4.90 Å². The molecule has 0 fully saturated rings. The topological polar surface area (TPSA) is 16.1 Å². The maximum Gasteiger partial charge on any atom is 0.182 e. The molecule has 1 radical (unpaired) electrons. The van der Waals surface area contributed by atoms with Gasteiger partial charge in [0.2, 0.25) is 0 Å². The number of aromatic nitrogens is 1. The summed E-state index contributed by atoms with van der Waals surface area (Å²) < 4.78 is 0. The van der Waals surface area contributed by atoms with E-state index in [1.165, 1.54) is 27.5 Å². The first-order valence-electron chi connectivity index (χ1n) is 13.6. The fraction of sp³-hybridized carbons (Fsp3) is 0.171. The molecule has 2 heterocycles. The summed E-state index contributed by atoms with van der Waals surface area (Å²) in [5.74, 6) is 0.843. The van der Waals surface area contributed by atoms with E-state index in [1.54, 1.807) is 0 Å². The van der Waals surface area contributed by atoms with E-state index < -0.39 is 0 Å². The number of benzene rings is 4. The molecule has 0 N–H and O–H groups in total. The van der Waals surface area contributed by atoms with Crippen LogP contribution >= 0.6 is 0 Å². The minimum absolute atomic E-state index is 0. The summed E-state index contributed by atoms with van der Waals surface area (Å²) >= 11 is 0. The van der Waals surface area contributed by atoms with Crippen LogP contribution in [-0.4, -0.2) is 11.7 Å². The van der Waals surface area contributed by atoms with E-state index in [-0.39, 0.29) is 26.8 Å². The van der Waals surface area contributed by atoms with Crippen LogP contribution in [0.2, 0.25) is 0 Å². The van der Waals surface area contributed by atoms with Gasteiger partial charge in [-0.05, 0) is 53.5 Å². The molecule has 2 nitrogen and oxygen atoms in total. The Morgan fingerprint density at radius 3 is 1.82 bits per heavy atom. The largest absolute Gasteiger partial charge is 0.352 e. The molecule has 0 spiro atoms. The SMILES string of the molecule is CC(C)c1cccc(C(C)C)c1B1c2cc(N(c3ccccc3)c3ccccc3)c[c-]c2-c2ncccc21.[Ir]. The first-order valence-corrected chi connectivity index (χ1v) is 13.6. The maximum absolute atomic E-state index is 4.87. The van der Waals surface area contributed by atoms with Gasteiger partial charge in [-0.3, -0.25) is 0 Å². The van der Waals surface area contributed by atoms with Crippen LogP contribution in [0.25, 0.3) is 11.3 Å². The molecule has 39 heavy (non-hydrogen) atoms. The first kappa shape index (κ1) is 27.1. The molecule has 0 bridgehead atoms. The van der Waals surface area contributed by atoms with Gasteiger partial charge in [-0.25, -0.2) is 0 Å². The Hall–Kier alpha value is -3.46. The molecule has 0 amide bonds. The predicted octanol–water partition coefficient (Wildman–Crippen LogP) is 7.09. The minimum atomic E-state index is 0. The summed E-state index contributed by atoms with van der Waals surface area (Å²) in [4.78, 5) is 7.19. The van der Waals surface area contributed by atoms with Gasteiger partial charge in [0.15, 0.2) is 6.71 Å². The third kappa shape index (κ3) is 4.88. The van der Waals surface area contributed by atoms with Gasteiger partial charge in [-0.15, -0.1) is 29.2 Å². The fourth-order valence-electron chi connectivity index (χ4n) is 5.95. The number of hydrogen-bond donors (Lipinski definition) is 0. The zero-order chi connectivity index (χ0) is 26.2. The van der Waals surface area contributed by atoms with Crippen molar-refractivity contribution >= 4 is 40.2 Å². The molecule has 4 heteroatoms. The van der Waals surface area contributed by atoms with Gasteiger partial charge in [0.05, 0.1) is 0 Å². The summed E-state index contributed by atoms with van der Waals surface area (Å²) in [6.07, 6.45) is 1.91. The van der Waals surface area contributed by atoms with E-state index in [0.717, 1.165) is 28.3 Å². The molecule has 0 unspecified atom stereocenters. The second kappa shape index (κ2) is 11.3. The molecule has 1 aromatic heterocycles. The smallest absolute Gasteiger partial charge is 0.182 e. The summed E-state index contributed by atoms with van der Waals surface area (Å²) in [6, 6.07) is 40.5. The molecule has 0 atom stereocenters. The van der Waals surface area contributed by atoms with Crippen molar-refractivity contribution in [1.82, 2.24) is 4.98 Å². The van der Waals surface area contributed by atoms with Gasteiger partial charge in [-0.1, -0.05) is 110 Å². The molecule has 1 aliphatic heterocycles. The third-order valence-corrected chi connectivity index (χ3v) is 7.65. The van der Waals surface area contributed by atoms with E-state index in [0.29, 0.717) is 11.8 Å². The Labute approximate surface area is 246 Å². The first-order chi connectivity index (χ1) is 18.5. The van der Waals surface area contributed by atoms with Crippen molar-refractivity contribution < 1.29 is 20.1 Å². The number of pyridine rings is 1. The molecule has 0 aliphatic carbocycles. The van der Waals surface area contributed by atoms with Crippen LogP contribution in [0.3, 0.4) is 0 Å². The van der Waals surface area contributed by atoms with Gasteiger partial charge < -0.3 is 9.88 Å². The molecule has 5 aromatic rings. The molecule has 0 saturated heterocycles. The van der Waals surface area contributed by atoms with Crippen LogP contribution in [0.5, 0.6) is 0 Å². The third-order valence-electron chi connectivity index (χ3n) is 7.65. The van der Waals surface area contributed by atoms with E-state index in [2.05, 4.69) is 142 Å². The quantitative estimate of drug-likeness (QED) is 0.138. The average Bonchev–Trinajstić information content (AvgIpc) is 3.27. The van der Waals surface area contributed by atoms with E-state index in [9.17, 15) is 0 Å². The number of anilines is 3. The van der Waals surface area contributed by atoms with Gasteiger partial charge in [0.25, 0.3) is 0 Å². The normalized spacial score (nSPS) is 11.8. The van der Waals surface area contributed by atoms with Crippen LogP contribution in [0, 0.1) is 6.07 Å². The molecular weight excluding hydrogens is 651 g/mol. The van der Waals surface area contributed by atoms with Crippen molar-refractivity contribution in [1.29, 1.82) is 0 Å². The van der Waals surface area contributed by atoms with Gasteiger partial charge >= 0.3 is 0 Å². The van der Waals surface area contributed by atoms with Crippen molar-refractivity contribution in [3.8, 4) is 11.3 Å². The zero-order valence-corrected chi connectivity index (χ0v) is 25.2. The molecular formula is C35H32BIrN2-. The summed E-state index contributed by atoms with van der Waals surface area (Å²) in [5.41, 5.74) is 12.3. The van der Waals surface area contributed by atoms with Crippen LogP contribution < -0.4 is 21.3 Å². The molecule has 195 valence electrons. The van der Waals surface area contributed by atoms with Gasteiger partial charge in [-0.2, -0.15) is 0 Å². The van der Waals surface area contributed by atoms with Gasteiger partial charge in [0.1, 0.15) is 0 Å². The fourth-order valence-corrected chi connectivity index (χ4v) is 5.95. The Balaban J connectivity index is 0.00000308. The van der Waals surface area contributed by atoms with Crippen molar-refractivity contribution in [2.24, 2.45) is 0 Å². The monoisotopic (exact) mass is 684 g/mol. The average molecular weight is 684 g/mol. The van der Waals surface area contributed by atoms with E-state index in [1.807, 2.05) is 6.20 Å². The standard InChI is InChI=1S/C35H32BN2.Ir/c1-24(2)29-17-11-18-30(25(3)4)34(29)36-32-19-12-22-37-35(32)31-21-20-28(23-33(31)36)38(26-13-7-5-8-14-26)27-15-9-6-10-16-27;/h5-20,22-25H,1-4H3;/q-1;. The van der Waals surface area contributed by atoms with Crippen molar-refractivity contribution in [3.63, 3.8) is 0 Å². The van der Waals surface area contributed by atoms with Crippen molar-refractivity contribution in [2.45, 2.75) is 39.5 Å². The second-order valence-electron chi connectivity index (χ2n) is 10.7. The Kier molecular flexibility index (Phi) is 7.89. The summed E-state index contributed by atoms with van der Waals surface area (Å²) in [7, 11) is 0. The number of rotatable bonds is 6. The molecule has 1 aliphatic rings. The van der Waals surface area contributed by atoms with Crippen LogP contribution in [0.15, 0.2) is 109 Å².